The van der Waals surface area contributed by atoms with Gasteiger partial charge in [0.15, 0.2) is 0 Å². The summed E-state index contributed by atoms with van der Waals surface area (Å²) in [5, 5.41) is 0. The minimum Gasteiger partial charge on any atom is -0.376 e. The second-order valence-electron chi connectivity index (χ2n) is 5.88. The van der Waals surface area contributed by atoms with Gasteiger partial charge in [0.25, 0.3) is 0 Å². The molecule has 0 amide bonds. The summed E-state index contributed by atoms with van der Waals surface area (Å²) in [6.07, 6.45) is 6.69. The van der Waals surface area contributed by atoms with E-state index in [0.29, 0.717) is 5.92 Å². The van der Waals surface area contributed by atoms with Crippen LogP contribution < -0.4 is 11.3 Å². The fraction of sp³-hybridized carbons (Fsp3) is 0.647. The first-order valence-corrected chi connectivity index (χ1v) is 7.90. The molecule has 1 aromatic rings. The van der Waals surface area contributed by atoms with Crippen LogP contribution in [0.3, 0.4) is 0 Å². The standard InChI is InChI=1S/C17H28N2O/c1-3-20-17(14-9-5-4-6-10-14)16(19-18)15-11-7-8-13(2)12-15/h7-8,11-12,14,16-17,19H,3-6,9-10,18H2,1-2H3. The van der Waals surface area contributed by atoms with Crippen LogP contribution in [0.15, 0.2) is 24.3 Å². The van der Waals surface area contributed by atoms with Gasteiger partial charge in [-0.3, -0.25) is 11.3 Å². The molecule has 20 heavy (non-hydrogen) atoms. The van der Waals surface area contributed by atoms with E-state index in [1.54, 1.807) is 0 Å². The number of benzene rings is 1. The first-order valence-electron chi connectivity index (χ1n) is 7.90. The molecule has 1 aliphatic rings. The fourth-order valence-electron chi connectivity index (χ4n) is 3.40. The number of aryl methyl sites for hydroxylation is 1. The highest BCUT2D eigenvalue weighted by molar-refractivity contribution is 5.26. The summed E-state index contributed by atoms with van der Waals surface area (Å²) < 4.78 is 6.09. The van der Waals surface area contributed by atoms with E-state index in [4.69, 9.17) is 10.6 Å². The normalized spacial score (nSPS) is 19.8. The van der Waals surface area contributed by atoms with Crippen LogP contribution in [0.5, 0.6) is 0 Å². The van der Waals surface area contributed by atoms with Gasteiger partial charge < -0.3 is 4.74 Å². The molecular weight excluding hydrogens is 248 g/mol. The zero-order valence-electron chi connectivity index (χ0n) is 12.8. The van der Waals surface area contributed by atoms with Gasteiger partial charge in [0, 0.05) is 6.61 Å². The Morgan fingerprint density at radius 2 is 2.05 bits per heavy atom. The van der Waals surface area contributed by atoms with Crippen LogP contribution in [0.4, 0.5) is 0 Å². The third-order valence-corrected chi connectivity index (χ3v) is 4.38. The maximum atomic E-state index is 6.09. The van der Waals surface area contributed by atoms with Gasteiger partial charge in [0.2, 0.25) is 0 Å². The number of nitrogens with one attached hydrogen (secondary N) is 1. The average Bonchev–Trinajstić information content (AvgIpc) is 2.48. The number of rotatable bonds is 6. The number of hydrogen-bond acceptors (Lipinski definition) is 3. The molecule has 0 bridgehead atoms. The van der Waals surface area contributed by atoms with Crippen molar-refractivity contribution in [3.63, 3.8) is 0 Å². The molecule has 1 saturated carbocycles. The lowest BCUT2D eigenvalue weighted by Gasteiger charge is -2.35. The quantitative estimate of drug-likeness (QED) is 0.617. The molecule has 3 N–H and O–H groups in total. The van der Waals surface area contributed by atoms with Gasteiger partial charge in [0.1, 0.15) is 0 Å². The molecule has 0 radical (unpaired) electrons. The van der Waals surface area contributed by atoms with Gasteiger partial charge in [-0.2, -0.15) is 0 Å². The van der Waals surface area contributed by atoms with Crippen LogP contribution in [0, 0.1) is 12.8 Å². The molecule has 3 nitrogen and oxygen atoms in total. The van der Waals surface area contributed by atoms with E-state index < -0.39 is 0 Å². The van der Waals surface area contributed by atoms with Gasteiger partial charge in [0.05, 0.1) is 12.1 Å². The van der Waals surface area contributed by atoms with E-state index in [1.807, 2.05) is 0 Å². The van der Waals surface area contributed by atoms with Gasteiger partial charge in [-0.15, -0.1) is 0 Å². The largest absolute Gasteiger partial charge is 0.376 e. The molecule has 2 rings (SSSR count). The van der Waals surface area contributed by atoms with Crippen LogP contribution >= 0.6 is 0 Å². The molecule has 0 heterocycles. The molecule has 1 aromatic carbocycles. The molecule has 0 aliphatic heterocycles. The predicted octanol–water partition coefficient (Wildman–Crippen LogP) is 3.48. The number of hydrazine groups is 1. The summed E-state index contributed by atoms with van der Waals surface area (Å²) in [5.74, 6) is 6.48. The lowest BCUT2D eigenvalue weighted by Crippen LogP contribution is -2.42. The SMILES string of the molecule is CCOC(C1CCCCC1)C(NN)c1cccc(C)c1. The lowest BCUT2D eigenvalue weighted by molar-refractivity contribution is -0.0184. The van der Waals surface area contributed by atoms with Crippen molar-refractivity contribution in [1.29, 1.82) is 0 Å². The third-order valence-electron chi connectivity index (χ3n) is 4.38. The van der Waals surface area contributed by atoms with Gasteiger partial charge >= 0.3 is 0 Å². The van der Waals surface area contributed by atoms with E-state index in [2.05, 4.69) is 43.5 Å². The third kappa shape index (κ3) is 3.81. The first-order chi connectivity index (χ1) is 9.76. The van der Waals surface area contributed by atoms with Crippen molar-refractivity contribution in [3.8, 4) is 0 Å². The molecule has 3 heteroatoms. The Kier molecular flexibility index (Phi) is 6.02. The Morgan fingerprint density at radius 3 is 2.65 bits per heavy atom. The fourth-order valence-corrected chi connectivity index (χ4v) is 3.40. The predicted molar refractivity (Wildman–Crippen MR) is 83.2 cm³/mol. The minimum absolute atomic E-state index is 0.0814. The Labute approximate surface area is 122 Å². The highest BCUT2D eigenvalue weighted by atomic mass is 16.5. The molecule has 112 valence electrons. The van der Waals surface area contributed by atoms with Crippen molar-refractivity contribution in [1.82, 2.24) is 5.43 Å². The molecule has 2 atom stereocenters. The zero-order valence-corrected chi connectivity index (χ0v) is 12.8. The van der Waals surface area contributed by atoms with Crippen molar-refractivity contribution in [3.05, 3.63) is 35.4 Å². The Morgan fingerprint density at radius 1 is 1.30 bits per heavy atom. The van der Waals surface area contributed by atoms with Crippen LogP contribution in [0.2, 0.25) is 0 Å². The van der Waals surface area contributed by atoms with Gasteiger partial charge in [-0.05, 0) is 38.2 Å². The maximum absolute atomic E-state index is 6.09. The maximum Gasteiger partial charge on any atom is 0.0810 e. The lowest BCUT2D eigenvalue weighted by atomic mass is 9.81. The summed E-state index contributed by atoms with van der Waals surface area (Å²) in [6.45, 7) is 4.93. The summed E-state index contributed by atoms with van der Waals surface area (Å²) in [7, 11) is 0. The van der Waals surface area contributed by atoms with Crippen LogP contribution in [-0.2, 0) is 4.74 Å². The highest BCUT2D eigenvalue weighted by Crippen LogP contribution is 2.34. The summed E-state index contributed by atoms with van der Waals surface area (Å²) in [4.78, 5) is 0. The first kappa shape index (κ1) is 15.5. The van der Waals surface area contributed by atoms with Crippen molar-refractivity contribution < 1.29 is 4.74 Å². The van der Waals surface area contributed by atoms with Crippen LogP contribution in [0.1, 0.15) is 56.2 Å². The summed E-state index contributed by atoms with van der Waals surface area (Å²) in [5.41, 5.74) is 5.50. The molecule has 0 aromatic heterocycles. The van der Waals surface area contributed by atoms with Crippen molar-refractivity contribution in [2.24, 2.45) is 11.8 Å². The van der Waals surface area contributed by atoms with Gasteiger partial charge in [-0.25, -0.2) is 0 Å². The van der Waals surface area contributed by atoms with E-state index in [0.717, 1.165) is 6.61 Å². The number of nitrogens with two attached hydrogens (primary N) is 1. The molecular formula is C17H28N2O. The van der Waals surface area contributed by atoms with E-state index >= 15 is 0 Å². The summed E-state index contributed by atoms with van der Waals surface area (Å²) in [6, 6.07) is 8.65. The molecule has 1 fully saturated rings. The van der Waals surface area contributed by atoms with Crippen molar-refractivity contribution in [2.45, 2.75) is 58.1 Å². The van der Waals surface area contributed by atoms with Crippen molar-refractivity contribution in [2.75, 3.05) is 6.61 Å². The van der Waals surface area contributed by atoms with Crippen LogP contribution in [0.25, 0.3) is 0 Å². The topological polar surface area (TPSA) is 47.3 Å². The Balaban J connectivity index is 2.19. The average molecular weight is 276 g/mol. The monoisotopic (exact) mass is 276 g/mol. The zero-order chi connectivity index (χ0) is 14.4. The smallest absolute Gasteiger partial charge is 0.0810 e. The Bertz CT molecular complexity index is 402. The number of ether oxygens (including phenoxy) is 1. The van der Waals surface area contributed by atoms with E-state index in [9.17, 15) is 0 Å². The summed E-state index contributed by atoms with van der Waals surface area (Å²) >= 11 is 0. The molecule has 0 saturated heterocycles. The van der Waals surface area contributed by atoms with Crippen LogP contribution in [-0.4, -0.2) is 12.7 Å². The second-order valence-corrected chi connectivity index (χ2v) is 5.88. The second kappa shape index (κ2) is 7.77. The van der Waals surface area contributed by atoms with Crippen molar-refractivity contribution >= 4 is 0 Å². The number of hydrogen-bond donors (Lipinski definition) is 2. The minimum atomic E-state index is 0.0814. The van der Waals surface area contributed by atoms with Gasteiger partial charge in [-0.1, -0.05) is 49.1 Å². The van der Waals surface area contributed by atoms with E-state index in [1.165, 1.54) is 43.2 Å². The molecule has 1 aliphatic carbocycles. The Hall–Kier alpha value is -0.900. The molecule has 0 spiro atoms. The molecule has 2 unspecified atom stereocenters. The van der Waals surface area contributed by atoms with E-state index in [-0.39, 0.29) is 12.1 Å². The highest BCUT2D eigenvalue weighted by Gasteiger charge is 2.31.